The number of pyridine rings is 1. The van der Waals surface area contributed by atoms with Crippen LogP contribution in [0.3, 0.4) is 0 Å². The number of aromatic nitrogens is 2. The number of thiazole rings is 1. The van der Waals surface area contributed by atoms with Crippen molar-refractivity contribution in [3.8, 4) is 5.82 Å². The molecule has 14 heavy (non-hydrogen) atoms. The number of hydrogen-bond acceptors (Lipinski definition) is 3. The van der Waals surface area contributed by atoms with E-state index in [2.05, 4.69) is 18.8 Å². The van der Waals surface area contributed by atoms with Crippen molar-refractivity contribution >= 4 is 23.6 Å². The quantitative estimate of drug-likeness (QED) is 0.689. The van der Waals surface area contributed by atoms with Gasteiger partial charge < -0.3 is 0 Å². The molecule has 2 heterocycles. The molecule has 72 valence electrons. The maximum atomic E-state index is 5.28. The Kier molecular flexibility index (Phi) is 2.48. The van der Waals surface area contributed by atoms with Crippen LogP contribution in [0.2, 0.25) is 0 Å². The number of hydrogen-bond donors (Lipinski definition) is 0. The lowest BCUT2D eigenvalue weighted by Crippen LogP contribution is -1.98. The third-order valence-electron chi connectivity index (χ3n) is 2.15. The van der Waals surface area contributed by atoms with Crippen LogP contribution in [0.25, 0.3) is 5.82 Å². The van der Waals surface area contributed by atoms with E-state index in [1.165, 1.54) is 10.6 Å². The highest BCUT2D eigenvalue weighted by Gasteiger charge is 2.06. The lowest BCUT2D eigenvalue weighted by Gasteiger charge is -2.03. The monoisotopic (exact) mass is 222 g/mol. The van der Waals surface area contributed by atoms with E-state index in [1.54, 1.807) is 17.5 Å². The van der Waals surface area contributed by atoms with Gasteiger partial charge in [0.25, 0.3) is 0 Å². The maximum absolute atomic E-state index is 5.28. The summed E-state index contributed by atoms with van der Waals surface area (Å²) in [6.45, 7) is 4.14. The number of nitrogens with zero attached hydrogens (tertiary/aromatic N) is 2. The zero-order valence-electron chi connectivity index (χ0n) is 8.02. The summed E-state index contributed by atoms with van der Waals surface area (Å²) in [4.78, 5) is 5.54. The van der Waals surface area contributed by atoms with Gasteiger partial charge in [0, 0.05) is 16.8 Å². The van der Waals surface area contributed by atoms with Gasteiger partial charge >= 0.3 is 0 Å². The topological polar surface area (TPSA) is 17.8 Å². The second kappa shape index (κ2) is 3.63. The minimum absolute atomic E-state index is 0.860. The molecule has 0 radical (unpaired) electrons. The van der Waals surface area contributed by atoms with E-state index >= 15 is 0 Å². The fourth-order valence-electron chi connectivity index (χ4n) is 1.30. The van der Waals surface area contributed by atoms with Crippen molar-refractivity contribution in [2.75, 3.05) is 0 Å². The van der Waals surface area contributed by atoms with Gasteiger partial charge in [0.15, 0.2) is 3.95 Å². The highest BCUT2D eigenvalue weighted by molar-refractivity contribution is 7.73. The molecule has 2 aromatic heterocycles. The van der Waals surface area contributed by atoms with Crippen molar-refractivity contribution < 1.29 is 0 Å². The molecule has 2 rings (SSSR count). The predicted molar refractivity (Wildman–Crippen MR) is 61.7 cm³/mol. The minimum atomic E-state index is 0.860. The first-order valence-electron chi connectivity index (χ1n) is 4.30. The largest absolute Gasteiger partial charge is 0.280 e. The van der Waals surface area contributed by atoms with Gasteiger partial charge in [-0.3, -0.25) is 4.57 Å². The highest BCUT2D eigenvalue weighted by atomic mass is 32.1. The first-order chi connectivity index (χ1) is 6.70. The van der Waals surface area contributed by atoms with Crippen LogP contribution in [0.4, 0.5) is 0 Å². The third-order valence-corrected chi connectivity index (χ3v) is 3.54. The first kappa shape index (κ1) is 9.55. The van der Waals surface area contributed by atoms with Crippen molar-refractivity contribution in [3.05, 3.63) is 38.9 Å². The van der Waals surface area contributed by atoms with Gasteiger partial charge in [-0.15, -0.1) is 11.3 Å². The van der Waals surface area contributed by atoms with Crippen LogP contribution in [0.1, 0.15) is 10.6 Å². The Bertz CT molecular complexity index is 497. The van der Waals surface area contributed by atoms with E-state index < -0.39 is 0 Å². The van der Waals surface area contributed by atoms with Crippen molar-refractivity contribution in [1.29, 1.82) is 0 Å². The average molecular weight is 222 g/mol. The molecule has 0 saturated heterocycles. The Morgan fingerprint density at radius 1 is 1.36 bits per heavy atom. The molecule has 0 fully saturated rings. The standard InChI is InChI=1S/C10H10N2S2/c1-7-8(2)14-10(13)12(7)9-5-3-4-6-11-9/h3-6H,1-2H3. The number of aryl methyl sites for hydroxylation is 1. The molecule has 0 saturated carbocycles. The molecular formula is C10H10N2S2. The molecule has 2 nitrogen and oxygen atoms in total. The Hall–Kier alpha value is -1.00. The Labute approximate surface area is 91.9 Å². The Balaban J connectivity index is 2.69. The summed E-state index contributed by atoms with van der Waals surface area (Å²) < 4.78 is 2.87. The van der Waals surface area contributed by atoms with Crippen LogP contribution >= 0.6 is 23.6 Å². The van der Waals surface area contributed by atoms with Gasteiger partial charge in [-0.2, -0.15) is 0 Å². The van der Waals surface area contributed by atoms with Crippen LogP contribution in [0, 0.1) is 17.8 Å². The second-order valence-electron chi connectivity index (χ2n) is 3.03. The zero-order valence-corrected chi connectivity index (χ0v) is 9.65. The van der Waals surface area contributed by atoms with Gasteiger partial charge in [0.2, 0.25) is 0 Å². The van der Waals surface area contributed by atoms with Crippen LogP contribution in [0.5, 0.6) is 0 Å². The molecule has 0 amide bonds. The van der Waals surface area contributed by atoms with E-state index in [1.807, 2.05) is 22.8 Å². The van der Waals surface area contributed by atoms with Crippen LogP contribution < -0.4 is 0 Å². The fraction of sp³-hybridized carbons (Fsp3) is 0.200. The van der Waals surface area contributed by atoms with Gasteiger partial charge in [-0.05, 0) is 38.2 Å². The maximum Gasteiger partial charge on any atom is 0.167 e. The summed E-state index contributed by atoms with van der Waals surface area (Å²) in [7, 11) is 0. The number of rotatable bonds is 1. The summed E-state index contributed by atoms with van der Waals surface area (Å²) in [6.07, 6.45) is 1.78. The van der Waals surface area contributed by atoms with Gasteiger partial charge in [0.05, 0.1) is 0 Å². The summed E-state index contributed by atoms with van der Waals surface area (Å²) in [5.41, 5.74) is 1.18. The average Bonchev–Trinajstić information content (AvgIpc) is 2.43. The van der Waals surface area contributed by atoms with Crippen molar-refractivity contribution in [3.63, 3.8) is 0 Å². The van der Waals surface area contributed by atoms with Crippen molar-refractivity contribution in [2.45, 2.75) is 13.8 Å². The van der Waals surface area contributed by atoms with E-state index in [4.69, 9.17) is 12.2 Å². The summed E-state index contributed by atoms with van der Waals surface area (Å²) in [5, 5.41) is 0. The summed E-state index contributed by atoms with van der Waals surface area (Å²) in [5.74, 6) is 0.902. The normalized spacial score (nSPS) is 10.4. The smallest absolute Gasteiger partial charge is 0.167 e. The lowest BCUT2D eigenvalue weighted by molar-refractivity contribution is 0.946. The van der Waals surface area contributed by atoms with Gasteiger partial charge in [-0.1, -0.05) is 6.07 Å². The van der Waals surface area contributed by atoms with Crippen LogP contribution in [-0.4, -0.2) is 9.55 Å². The fourth-order valence-corrected chi connectivity index (χ4v) is 2.72. The van der Waals surface area contributed by atoms with E-state index in [9.17, 15) is 0 Å². The molecule has 0 aliphatic heterocycles. The molecule has 2 aromatic rings. The van der Waals surface area contributed by atoms with E-state index in [0.717, 1.165) is 9.77 Å². The van der Waals surface area contributed by atoms with Crippen LogP contribution in [0.15, 0.2) is 24.4 Å². The SMILES string of the molecule is Cc1sc(=S)n(-c2ccccn2)c1C. The Morgan fingerprint density at radius 2 is 2.14 bits per heavy atom. The molecule has 0 aromatic carbocycles. The zero-order chi connectivity index (χ0) is 10.1. The van der Waals surface area contributed by atoms with E-state index in [-0.39, 0.29) is 0 Å². The highest BCUT2D eigenvalue weighted by Crippen LogP contribution is 2.20. The van der Waals surface area contributed by atoms with Crippen molar-refractivity contribution in [2.24, 2.45) is 0 Å². The minimum Gasteiger partial charge on any atom is -0.280 e. The molecular weight excluding hydrogens is 212 g/mol. The van der Waals surface area contributed by atoms with Gasteiger partial charge in [-0.25, -0.2) is 4.98 Å². The molecule has 0 unspecified atom stereocenters. The molecule has 4 heteroatoms. The molecule has 0 N–H and O–H groups in total. The molecule has 0 bridgehead atoms. The summed E-state index contributed by atoms with van der Waals surface area (Å²) in [6, 6.07) is 5.84. The molecule has 0 aliphatic carbocycles. The summed E-state index contributed by atoms with van der Waals surface area (Å²) >= 11 is 6.91. The third kappa shape index (κ3) is 1.51. The van der Waals surface area contributed by atoms with E-state index in [0.29, 0.717) is 0 Å². The Morgan fingerprint density at radius 3 is 2.64 bits per heavy atom. The second-order valence-corrected chi connectivity index (χ2v) is 4.88. The predicted octanol–water partition coefficient (Wildman–Crippen LogP) is 3.28. The van der Waals surface area contributed by atoms with Gasteiger partial charge in [0.1, 0.15) is 5.82 Å². The van der Waals surface area contributed by atoms with Crippen LogP contribution in [-0.2, 0) is 0 Å². The molecule has 0 atom stereocenters. The molecule has 0 aliphatic rings. The van der Waals surface area contributed by atoms with Crippen molar-refractivity contribution in [1.82, 2.24) is 9.55 Å². The molecule has 0 spiro atoms. The first-order valence-corrected chi connectivity index (χ1v) is 5.53. The lowest BCUT2D eigenvalue weighted by atomic mass is 10.4.